The lowest BCUT2D eigenvalue weighted by molar-refractivity contribution is -0.385. The fourth-order valence-electron chi connectivity index (χ4n) is 1.75. The molecular weight excluding hydrogens is 271 g/mol. The second kappa shape index (κ2) is 6.40. The lowest BCUT2D eigenvalue weighted by Crippen LogP contribution is -2.34. The number of benzene rings is 1. The number of nitro benzene ring substituents is 1. The molecule has 1 aromatic rings. The van der Waals surface area contributed by atoms with E-state index in [4.69, 9.17) is 0 Å². The molecule has 1 amide bonds. The van der Waals surface area contributed by atoms with Crippen LogP contribution in [0.5, 0.6) is 0 Å². The molecule has 0 aliphatic heterocycles. The van der Waals surface area contributed by atoms with Gasteiger partial charge in [0.05, 0.1) is 11.0 Å². The molecule has 110 valence electrons. The summed E-state index contributed by atoms with van der Waals surface area (Å²) in [5.41, 5.74) is -0.508. The first-order valence-electron chi connectivity index (χ1n) is 5.79. The zero-order valence-electron chi connectivity index (χ0n) is 11.0. The van der Waals surface area contributed by atoms with Gasteiger partial charge in [-0.3, -0.25) is 14.9 Å². The van der Waals surface area contributed by atoms with E-state index in [0.717, 1.165) is 12.1 Å². The van der Waals surface area contributed by atoms with E-state index in [0.29, 0.717) is 0 Å². The van der Waals surface area contributed by atoms with Crippen LogP contribution >= 0.6 is 0 Å². The Bertz CT molecular complexity index is 535. The number of rotatable bonds is 5. The number of carbonyl (C=O) groups is 1. The van der Waals surface area contributed by atoms with Crippen molar-refractivity contribution in [3.63, 3.8) is 0 Å². The summed E-state index contributed by atoms with van der Waals surface area (Å²) >= 11 is 0. The first kappa shape index (κ1) is 16.0. The second-order valence-corrected chi connectivity index (χ2v) is 4.35. The van der Waals surface area contributed by atoms with E-state index < -0.39 is 34.5 Å². The molecule has 3 N–H and O–H groups in total. The number of nitro groups is 1. The molecule has 1 aromatic carbocycles. The number of hydrogen-bond donors (Lipinski definition) is 3. The van der Waals surface area contributed by atoms with Crippen molar-refractivity contribution >= 4 is 11.6 Å². The monoisotopic (exact) mass is 286 g/mol. The highest BCUT2D eigenvalue weighted by Gasteiger charge is 2.25. The summed E-state index contributed by atoms with van der Waals surface area (Å²) in [6.45, 7) is 2.33. The third-order valence-corrected chi connectivity index (χ3v) is 2.83. The first-order chi connectivity index (χ1) is 9.23. The summed E-state index contributed by atoms with van der Waals surface area (Å²) in [5, 5.41) is 32.7. The fourth-order valence-corrected chi connectivity index (χ4v) is 1.75. The molecule has 0 heterocycles. The molecule has 0 spiro atoms. The van der Waals surface area contributed by atoms with Crippen LogP contribution in [0.3, 0.4) is 0 Å². The summed E-state index contributed by atoms with van der Waals surface area (Å²) in [6, 6.07) is 1.66. The Morgan fingerprint density at radius 2 is 2.10 bits per heavy atom. The summed E-state index contributed by atoms with van der Waals surface area (Å²) in [4.78, 5) is 20.7. The van der Waals surface area contributed by atoms with E-state index in [2.05, 4.69) is 5.32 Å². The van der Waals surface area contributed by atoms with Gasteiger partial charge in [0.25, 0.3) is 5.69 Å². The minimum Gasteiger partial charge on any atom is -0.388 e. The molecule has 0 aliphatic carbocycles. The van der Waals surface area contributed by atoms with Gasteiger partial charge in [0, 0.05) is 19.0 Å². The van der Waals surface area contributed by atoms with Crippen molar-refractivity contribution in [3.05, 3.63) is 39.2 Å². The van der Waals surface area contributed by atoms with Crippen molar-refractivity contribution in [2.24, 2.45) is 0 Å². The van der Waals surface area contributed by atoms with Crippen molar-refractivity contribution in [1.29, 1.82) is 0 Å². The predicted molar refractivity (Wildman–Crippen MR) is 67.4 cm³/mol. The minimum atomic E-state index is -1.55. The van der Waals surface area contributed by atoms with Gasteiger partial charge in [0.2, 0.25) is 5.91 Å². The Balaban J connectivity index is 3.06. The molecule has 1 rings (SSSR count). The molecule has 2 atom stereocenters. The number of aliphatic hydroxyl groups is 2. The van der Waals surface area contributed by atoms with E-state index in [1.165, 1.54) is 13.8 Å². The first-order valence-corrected chi connectivity index (χ1v) is 5.79. The molecule has 0 radical (unpaired) electrons. The van der Waals surface area contributed by atoms with Gasteiger partial charge in [0.1, 0.15) is 18.0 Å². The van der Waals surface area contributed by atoms with Gasteiger partial charge in [-0.15, -0.1) is 0 Å². The second-order valence-electron chi connectivity index (χ2n) is 4.35. The topological polar surface area (TPSA) is 113 Å². The van der Waals surface area contributed by atoms with Crippen LogP contribution in [0.2, 0.25) is 0 Å². The van der Waals surface area contributed by atoms with Gasteiger partial charge < -0.3 is 15.5 Å². The number of amides is 1. The van der Waals surface area contributed by atoms with Crippen LogP contribution in [0.4, 0.5) is 10.1 Å². The fraction of sp³-hybridized carbons (Fsp3) is 0.417. The number of nitrogens with one attached hydrogen (secondary N) is 1. The maximum Gasteiger partial charge on any atom is 0.275 e. The van der Waals surface area contributed by atoms with Crippen LogP contribution in [0.1, 0.15) is 24.2 Å². The molecule has 0 saturated heterocycles. The van der Waals surface area contributed by atoms with E-state index in [1.807, 2.05) is 0 Å². The van der Waals surface area contributed by atoms with E-state index in [9.17, 15) is 29.5 Å². The molecule has 0 aliphatic rings. The molecular formula is C12H15FN2O5. The minimum absolute atomic E-state index is 0.0609. The third-order valence-electron chi connectivity index (χ3n) is 2.83. The number of carbonyl (C=O) groups excluding carboxylic acids is 1. The zero-order valence-corrected chi connectivity index (χ0v) is 11.0. The van der Waals surface area contributed by atoms with Crippen LogP contribution < -0.4 is 5.32 Å². The summed E-state index contributed by atoms with van der Waals surface area (Å²) in [6.07, 6.45) is -2.95. The standard InChI is InChI=1S/C12H15FN2O5/c1-6-9(3-8(13)4-10(6)15(19)20)12(18)11(17)5-14-7(2)16/h3-4,11-12,17-18H,5H2,1-2H3,(H,14,16). The average molecular weight is 286 g/mol. The van der Waals surface area contributed by atoms with Crippen molar-refractivity contribution in [2.45, 2.75) is 26.1 Å². The lowest BCUT2D eigenvalue weighted by Gasteiger charge is -2.20. The number of aliphatic hydroxyl groups excluding tert-OH is 2. The zero-order chi connectivity index (χ0) is 15.4. The lowest BCUT2D eigenvalue weighted by atomic mass is 9.98. The highest BCUT2D eigenvalue weighted by molar-refractivity contribution is 5.72. The Morgan fingerprint density at radius 3 is 2.60 bits per heavy atom. The number of halogens is 1. The maximum absolute atomic E-state index is 13.3. The number of hydrogen-bond acceptors (Lipinski definition) is 5. The largest absolute Gasteiger partial charge is 0.388 e. The molecule has 8 heteroatoms. The SMILES string of the molecule is CC(=O)NCC(O)C(O)c1cc(F)cc([N+](=O)[O-])c1C. The Kier molecular flexibility index (Phi) is 5.12. The predicted octanol–water partition coefficient (Wildman–Crippen LogP) is 0.573. The average Bonchev–Trinajstić information content (AvgIpc) is 2.36. The Morgan fingerprint density at radius 1 is 1.50 bits per heavy atom. The molecule has 0 saturated carbocycles. The van der Waals surface area contributed by atoms with Crippen LogP contribution in [0.25, 0.3) is 0 Å². The van der Waals surface area contributed by atoms with E-state index >= 15 is 0 Å². The summed E-state index contributed by atoms with van der Waals surface area (Å²) < 4.78 is 13.3. The van der Waals surface area contributed by atoms with Crippen molar-refractivity contribution < 1.29 is 24.3 Å². The number of nitrogens with zero attached hydrogens (tertiary/aromatic N) is 1. The molecule has 20 heavy (non-hydrogen) atoms. The Labute approximate surface area is 114 Å². The third kappa shape index (κ3) is 3.72. The molecule has 7 nitrogen and oxygen atoms in total. The van der Waals surface area contributed by atoms with Crippen LogP contribution in [-0.2, 0) is 4.79 Å². The van der Waals surface area contributed by atoms with Crippen molar-refractivity contribution in [1.82, 2.24) is 5.32 Å². The van der Waals surface area contributed by atoms with E-state index in [1.54, 1.807) is 0 Å². The molecule has 0 aromatic heterocycles. The summed E-state index contributed by atoms with van der Waals surface area (Å²) in [5.74, 6) is -1.29. The van der Waals surface area contributed by atoms with Gasteiger partial charge in [-0.2, -0.15) is 0 Å². The normalized spacial score (nSPS) is 13.7. The van der Waals surface area contributed by atoms with Gasteiger partial charge in [-0.25, -0.2) is 4.39 Å². The van der Waals surface area contributed by atoms with Crippen LogP contribution in [-0.4, -0.2) is 33.7 Å². The smallest absolute Gasteiger partial charge is 0.275 e. The van der Waals surface area contributed by atoms with Gasteiger partial charge >= 0.3 is 0 Å². The van der Waals surface area contributed by atoms with E-state index in [-0.39, 0.29) is 17.7 Å². The quantitative estimate of drug-likeness (QED) is 0.541. The molecule has 0 bridgehead atoms. The van der Waals surface area contributed by atoms with Crippen molar-refractivity contribution in [2.75, 3.05) is 6.54 Å². The van der Waals surface area contributed by atoms with Gasteiger partial charge in [-0.1, -0.05) is 0 Å². The molecule has 2 unspecified atom stereocenters. The highest BCUT2D eigenvalue weighted by atomic mass is 19.1. The van der Waals surface area contributed by atoms with Crippen LogP contribution in [0, 0.1) is 22.9 Å². The summed E-state index contributed by atoms with van der Waals surface area (Å²) in [7, 11) is 0. The molecule has 0 fully saturated rings. The van der Waals surface area contributed by atoms with Gasteiger partial charge in [0.15, 0.2) is 0 Å². The van der Waals surface area contributed by atoms with Gasteiger partial charge in [-0.05, 0) is 18.6 Å². The maximum atomic E-state index is 13.3. The van der Waals surface area contributed by atoms with Crippen LogP contribution in [0.15, 0.2) is 12.1 Å². The highest BCUT2D eigenvalue weighted by Crippen LogP contribution is 2.29. The Hall–Kier alpha value is -2.06. The van der Waals surface area contributed by atoms with Crippen molar-refractivity contribution in [3.8, 4) is 0 Å².